The van der Waals surface area contributed by atoms with Crippen LogP contribution in [-0.4, -0.2) is 36.0 Å². The van der Waals surface area contributed by atoms with Crippen molar-refractivity contribution >= 4 is 22.0 Å². The molecule has 1 aromatic heterocycles. The van der Waals surface area contributed by atoms with E-state index in [9.17, 15) is 26.4 Å². The maximum atomic E-state index is 13.2. The van der Waals surface area contributed by atoms with Gasteiger partial charge in [-0.2, -0.15) is 28.1 Å². The van der Waals surface area contributed by atoms with Crippen molar-refractivity contribution in [3.63, 3.8) is 0 Å². The van der Waals surface area contributed by atoms with Gasteiger partial charge in [0.15, 0.2) is 5.82 Å². The zero-order valence-corrected chi connectivity index (χ0v) is 17.2. The van der Waals surface area contributed by atoms with E-state index in [1.807, 2.05) is 0 Å². The highest BCUT2D eigenvalue weighted by molar-refractivity contribution is 7.90. The number of halogens is 3. The zero-order valence-electron chi connectivity index (χ0n) is 16.4. The molecule has 0 atom stereocenters. The van der Waals surface area contributed by atoms with Crippen LogP contribution in [-0.2, 0) is 16.2 Å². The summed E-state index contributed by atoms with van der Waals surface area (Å²) in [6, 6.07) is 10.6. The Morgan fingerprint density at radius 2 is 1.66 bits per heavy atom. The molecule has 13 heteroatoms. The predicted molar refractivity (Wildman–Crippen MR) is 107 cm³/mol. The highest BCUT2D eigenvalue weighted by Gasteiger charge is 2.37. The normalized spacial score (nSPS) is 11.6. The quantitative estimate of drug-likeness (QED) is 0.569. The van der Waals surface area contributed by atoms with E-state index in [0.717, 1.165) is 18.2 Å². The van der Waals surface area contributed by atoms with E-state index in [2.05, 4.69) is 20.3 Å². The van der Waals surface area contributed by atoms with E-state index in [0.29, 0.717) is 11.6 Å². The minimum atomic E-state index is -4.94. The Morgan fingerprint density at radius 1 is 1.00 bits per heavy atom. The van der Waals surface area contributed by atoms with Crippen LogP contribution in [0.3, 0.4) is 0 Å². The second-order valence-electron chi connectivity index (χ2n) is 6.12. The molecule has 0 aliphatic rings. The van der Waals surface area contributed by atoms with Crippen LogP contribution in [0.15, 0.2) is 59.5 Å². The van der Waals surface area contributed by atoms with Crippen LogP contribution in [0, 0.1) is 0 Å². The molecule has 2 aromatic carbocycles. The van der Waals surface area contributed by atoms with Gasteiger partial charge in [-0.25, -0.2) is 17.9 Å². The Labute approximate surface area is 180 Å². The minimum Gasteiger partial charge on any atom is -0.464 e. The average molecular weight is 467 g/mol. The average Bonchev–Trinajstić information content (AvgIpc) is 2.73. The number of amides is 2. The molecule has 2 amide bonds. The van der Waals surface area contributed by atoms with E-state index in [1.165, 1.54) is 4.72 Å². The lowest BCUT2D eigenvalue weighted by molar-refractivity contribution is -0.139. The van der Waals surface area contributed by atoms with Crippen LogP contribution in [0.5, 0.6) is 6.01 Å². The van der Waals surface area contributed by atoms with Gasteiger partial charge in [0.25, 0.3) is 10.0 Å². The fraction of sp³-hybridized carbons (Fsp3) is 0.158. The summed E-state index contributed by atoms with van der Waals surface area (Å²) in [5.41, 5.74) is -0.850. The number of aromatic nitrogens is 3. The van der Waals surface area contributed by atoms with Gasteiger partial charge in [-0.05, 0) is 19.1 Å². The molecule has 0 bridgehead atoms. The van der Waals surface area contributed by atoms with Crippen molar-refractivity contribution in [1.29, 1.82) is 0 Å². The number of carbonyl (C=O) groups is 1. The van der Waals surface area contributed by atoms with Crippen molar-refractivity contribution in [3.8, 4) is 17.4 Å². The molecule has 2 N–H and O–H groups in total. The molecule has 0 spiro atoms. The first-order chi connectivity index (χ1) is 15.1. The van der Waals surface area contributed by atoms with Crippen LogP contribution in [0.4, 0.5) is 23.9 Å². The molecule has 0 aliphatic carbocycles. The van der Waals surface area contributed by atoms with Crippen molar-refractivity contribution < 1.29 is 31.1 Å². The smallest absolute Gasteiger partial charge is 0.417 e. The predicted octanol–water partition coefficient (Wildman–Crippen LogP) is 3.47. The molecular weight excluding hydrogens is 451 g/mol. The summed E-state index contributed by atoms with van der Waals surface area (Å²) in [6.45, 7) is 1.88. The molecule has 0 radical (unpaired) electrons. The molecular formula is C19H16F3N5O4S. The molecule has 0 saturated heterocycles. The number of urea groups is 1. The number of anilines is 1. The number of rotatable bonds is 6. The molecule has 32 heavy (non-hydrogen) atoms. The summed E-state index contributed by atoms with van der Waals surface area (Å²) in [7, 11) is -4.86. The van der Waals surface area contributed by atoms with Crippen LogP contribution in [0.1, 0.15) is 12.5 Å². The molecule has 9 nitrogen and oxygen atoms in total. The Morgan fingerprint density at radius 3 is 2.31 bits per heavy atom. The van der Waals surface area contributed by atoms with E-state index in [1.54, 1.807) is 37.3 Å². The standard InChI is InChI=1S/C19H16F3N5O4S/c1-2-31-18-24-15(12-8-4-3-5-9-12)23-16(26-18)25-17(28)27-32(29,30)14-11-7-6-10-13(14)19(20,21)22/h3-11H,2H2,1H3,(H2,23,24,25,26,27,28). The zero-order chi connectivity index (χ0) is 23.4. The van der Waals surface area contributed by atoms with Gasteiger partial charge in [0.05, 0.1) is 17.1 Å². The van der Waals surface area contributed by atoms with Crippen LogP contribution in [0.2, 0.25) is 0 Å². The van der Waals surface area contributed by atoms with Gasteiger partial charge in [0, 0.05) is 5.56 Å². The molecule has 0 unspecified atom stereocenters. The number of nitrogens with one attached hydrogen (secondary N) is 2. The van der Waals surface area contributed by atoms with E-state index >= 15 is 0 Å². The monoisotopic (exact) mass is 467 g/mol. The minimum absolute atomic E-state index is 0.129. The van der Waals surface area contributed by atoms with Gasteiger partial charge in [-0.1, -0.05) is 42.5 Å². The Kier molecular flexibility index (Phi) is 6.58. The topological polar surface area (TPSA) is 123 Å². The van der Waals surface area contributed by atoms with Gasteiger partial charge < -0.3 is 4.74 Å². The van der Waals surface area contributed by atoms with Gasteiger partial charge in [-0.3, -0.25) is 5.32 Å². The van der Waals surface area contributed by atoms with Crippen molar-refractivity contribution in [3.05, 3.63) is 60.2 Å². The Balaban J connectivity index is 1.87. The fourth-order valence-corrected chi connectivity index (χ4v) is 3.70. The van der Waals surface area contributed by atoms with Crippen molar-refractivity contribution in [1.82, 2.24) is 19.7 Å². The molecule has 0 fully saturated rings. The summed E-state index contributed by atoms with van der Waals surface area (Å²) in [5.74, 6) is -0.233. The number of alkyl halides is 3. The van der Waals surface area contributed by atoms with Crippen molar-refractivity contribution in [2.24, 2.45) is 0 Å². The first-order valence-electron chi connectivity index (χ1n) is 9.04. The second-order valence-corrected chi connectivity index (χ2v) is 7.77. The summed E-state index contributed by atoms with van der Waals surface area (Å²) in [4.78, 5) is 23.2. The van der Waals surface area contributed by atoms with E-state index in [-0.39, 0.29) is 24.4 Å². The number of hydrogen-bond acceptors (Lipinski definition) is 7. The largest absolute Gasteiger partial charge is 0.464 e. The third-order valence-electron chi connectivity index (χ3n) is 3.85. The molecule has 168 valence electrons. The van der Waals surface area contributed by atoms with Gasteiger partial charge in [-0.15, -0.1) is 0 Å². The van der Waals surface area contributed by atoms with E-state index in [4.69, 9.17) is 4.74 Å². The van der Waals surface area contributed by atoms with Crippen molar-refractivity contribution in [2.45, 2.75) is 18.0 Å². The third-order valence-corrected chi connectivity index (χ3v) is 5.24. The highest BCUT2D eigenvalue weighted by Crippen LogP contribution is 2.33. The van der Waals surface area contributed by atoms with Crippen LogP contribution >= 0.6 is 0 Å². The van der Waals surface area contributed by atoms with Crippen LogP contribution < -0.4 is 14.8 Å². The molecule has 1 heterocycles. The number of ether oxygens (including phenoxy) is 1. The summed E-state index contributed by atoms with van der Waals surface area (Å²) in [6.07, 6.45) is -4.94. The third kappa shape index (κ3) is 5.49. The van der Waals surface area contributed by atoms with Crippen LogP contribution in [0.25, 0.3) is 11.4 Å². The number of carbonyl (C=O) groups excluding carboxylic acids is 1. The second kappa shape index (κ2) is 9.18. The first kappa shape index (κ1) is 22.9. The highest BCUT2D eigenvalue weighted by atomic mass is 32.2. The maximum absolute atomic E-state index is 13.2. The Hall–Kier alpha value is -3.74. The van der Waals surface area contributed by atoms with Crippen molar-refractivity contribution in [2.75, 3.05) is 11.9 Å². The first-order valence-corrected chi connectivity index (χ1v) is 10.5. The fourth-order valence-electron chi connectivity index (χ4n) is 2.56. The Bertz CT molecular complexity index is 1220. The lowest BCUT2D eigenvalue weighted by atomic mass is 10.2. The summed E-state index contributed by atoms with van der Waals surface area (Å²) >= 11 is 0. The number of benzene rings is 2. The SMILES string of the molecule is CCOc1nc(NC(=O)NS(=O)(=O)c2ccccc2C(F)(F)F)nc(-c2ccccc2)n1. The summed E-state index contributed by atoms with van der Waals surface area (Å²) in [5, 5.41) is 2.08. The molecule has 0 aliphatic heterocycles. The molecule has 3 aromatic rings. The maximum Gasteiger partial charge on any atom is 0.417 e. The molecule has 3 rings (SSSR count). The molecule has 0 saturated carbocycles. The lowest BCUT2D eigenvalue weighted by Crippen LogP contribution is -2.36. The van der Waals surface area contributed by atoms with E-state index < -0.39 is 32.7 Å². The summed E-state index contributed by atoms with van der Waals surface area (Å²) < 4.78 is 71.0. The number of nitrogens with zero attached hydrogens (tertiary/aromatic N) is 3. The number of hydrogen-bond donors (Lipinski definition) is 2. The van der Waals surface area contributed by atoms with Gasteiger partial charge in [0.2, 0.25) is 5.95 Å². The lowest BCUT2D eigenvalue weighted by Gasteiger charge is -2.14. The van der Waals surface area contributed by atoms with Gasteiger partial charge in [0.1, 0.15) is 0 Å². The number of sulfonamides is 1. The van der Waals surface area contributed by atoms with Gasteiger partial charge >= 0.3 is 18.2 Å².